The molecule has 3 nitrogen and oxygen atoms in total. The summed E-state index contributed by atoms with van der Waals surface area (Å²) in [6.07, 6.45) is 0. The number of benzene rings is 1. The van der Waals surface area contributed by atoms with Gasteiger partial charge in [0.2, 0.25) is 0 Å². The first-order valence-electron chi connectivity index (χ1n) is 3.04. The monoisotopic (exact) mass is 252 g/mol. The summed E-state index contributed by atoms with van der Waals surface area (Å²) in [6.45, 7) is 1.84. The van der Waals surface area contributed by atoms with Crippen molar-refractivity contribution < 1.29 is 13.0 Å². The number of hydrogen-bond donors (Lipinski definition) is 1. The zero-order chi connectivity index (χ0) is 8.48. The molecule has 0 amide bonds. The van der Waals surface area contributed by atoms with Crippen LogP contribution in [-0.4, -0.2) is 116 Å². The standard InChI is InChI=1S/C7H8O3S.2K.2H/c1-6-2-4-7(5-3-6)11(8,9)10;;;;/h2-5H,1H3,(H,8,9,10);;;;. The Kier molecular flexibility index (Phi) is 10.5. The molecule has 0 fully saturated rings. The van der Waals surface area contributed by atoms with Crippen LogP contribution in [-0.2, 0) is 10.1 Å². The van der Waals surface area contributed by atoms with Crippen LogP contribution in [0.5, 0.6) is 0 Å². The summed E-state index contributed by atoms with van der Waals surface area (Å²) in [5, 5.41) is 0. The fourth-order valence-electron chi connectivity index (χ4n) is 0.710. The van der Waals surface area contributed by atoms with Crippen molar-refractivity contribution in [1.29, 1.82) is 0 Å². The predicted octanol–water partition coefficient (Wildman–Crippen LogP) is -0.0553. The summed E-state index contributed by atoms with van der Waals surface area (Å²) >= 11 is 0. The number of hydrogen-bond acceptors (Lipinski definition) is 2. The molecular weight excluding hydrogens is 242 g/mol. The molecular formula is C7H10K2O3S. The zero-order valence-electron chi connectivity index (χ0n) is 5.98. The number of rotatable bonds is 1. The molecule has 0 aliphatic carbocycles. The van der Waals surface area contributed by atoms with Gasteiger partial charge in [-0.25, -0.2) is 0 Å². The Morgan fingerprint density at radius 2 is 1.46 bits per heavy atom. The molecule has 0 spiro atoms. The third-order valence-corrected chi connectivity index (χ3v) is 2.19. The number of aryl methyl sites for hydroxylation is 1. The quantitative estimate of drug-likeness (QED) is 0.563. The Labute approximate surface area is 163 Å². The van der Waals surface area contributed by atoms with E-state index in [2.05, 4.69) is 0 Å². The Bertz CT molecular complexity index is 345. The Balaban J connectivity index is 0. The van der Waals surface area contributed by atoms with E-state index in [1.165, 1.54) is 12.1 Å². The van der Waals surface area contributed by atoms with Gasteiger partial charge in [0.1, 0.15) is 0 Å². The maximum absolute atomic E-state index is 10.5. The first kappa shape index (κ1) is 17.8. The summed E-state index contributed by atoms with van der Waals surface area (Å²) in [5.74, 6) is 0. The molecule has 1 N–H and O–H groups in total. The molecule has 0 atom stereocenters. The van der Waals surface area contributed by atoms with E-state index in [1.54, 1.807) is 12.1 Å². The van der Waals surface area contributed by atoms with Gasteiger partial charge in [0.15, 0.2) is 0 Å². The van der Waals surface area contributed by atoms with Gasteiger partial charge in [-0.2, -0.15) is 8.42 Å². The van der Waals surface area contributed by atoms with Gasteiger partial charge in [-0.3, -0.25) is 4.55 Å². The van der Waals surface area contributed by atoms with E-state index in [9.17, 15) is 8.42 Å². The molecule has 1 rings (SSSR count). The second-order valence-electron chi connectivity index (χ2n) is 2.29. The Hall–Kier alpha value is 2.40. The molecule has 64 valence electrons. The predicted molar refractivity (Wildman–Crippen MR) is 55.3 cm³/mol. The molecule has 0 aromatic heterocycles. The van der Waals surface area contributed by atoms with Crippen molar-refractivity contribution in [1.82, 2.24) is 0 Å². The molecule has 1 aromatic rings. The normalized spacial score (nSPS) is 9.69. The summed E-state index contributed by atoms with van der Waals surface area (Å²) in [5.41, 5.74) is 0.956. The molecule has 0 aliphatic heterocycles. The van der Waals surface area contributed by atoms with E-state index >= 15 is 0 Å². The second-order valence-corrected chi connectivity index (χ2v) is 3.71. The van der Waals surface area contributed by atoms with Crippen molar-refractivity contribution in [3.05, 3.63) is 29.8 Å². The van der Waals surface area contributed by atoms with Crippen molar-refractivity contribution in [3.63, 3.8) is 0 Å². The third-order valence-electron chi connectivity index (χ3n) is 1.32. The third kappa shape index (κ3) is 6.54. The molecule has 0 radical (unpaired) electrons. The molecule has 0 heterocycles. The van der Waals surface area contributed by atoms with Crippen LogP contribution in [0.1, 0.15) is 5.56 Å². The van der Waals surface area contributed by atoms with Gasteiger partial charge < -0.3 is 0 Å². The van der Waals surface area contributed by atoms with Gasteiger partial charge in [0.05, 0.1) is 4.90 Å². The average Bonchev–Trinajstić information content (AvgIpc) is 1.86. The van der Waals surface area contributed by atoms with E-state index in [-0.39, 0.29) is 108 Å². The molecule has 1 aromatic carbocycles. The summed E-state index contributed by atoms with van der Waals surface area (Å²) in [4.78, 5) is -0.0666. The van der Waals surface area contributed by atoms with Crippen molar-refractivity contribution in [2.24, 2.45) is 0 Å². The van der Waals surface area contributed by atoms with Gasteiger partial charge in [-0.05, 0) is 19.1 Å². The molecule has 0 saturated carbocycles. The van der Waals surface area contributed by atoms with Gasteiger partial charge in [0.25, 0.3) is 10.1 Å². The van der Waals surface area contributed by atoms with Crippen molar-refractivity contribution in [2.45, 2.75) is 11.8 Å². The van der Waals surface area contributed by atoms with E-state index in [0.717, 1.165) is 5.56 Å². The van der Waals surface area contributed by atoms with Gasteiger partial charge in [0, 0.05) is 0 Å². The maximum atomic E-state index is 10.5. The molecule has 0 bridgehead atoms. The fraction of sp³-hybridized carbons (Fsp3) is 0.143. The van der Waals surface area contributed by atoms with Crippen LogP contribution >= 0.6 is 0 Å². The zero-order valence-corrected chi connectivity index (χ0v) is 6.80. The molecule has 0 aliphatic rings. The van der Waals surface area contributed by atoms with Crippen molar-refractivity contribution in [3.8, 4) is 0 Å². The summed E-state index contributed by atoms with van der Waals surface area (Å²) in [7, 11) is -4.02. The van der Waals surface area contributed by atoms with Crippen LogP contribution in [0.15, 0.2) is 29.2 Å². The van der Waals surface area contributed by atoms with E-state index in [4.69, 9.17) is 4.55 Å². The van der Waals surface area contributed by atoms with Crippen LogP contribution in [0.25, 0.3) is 0 Å². The topological polar surface area (TPSA) is 54.4 Å². The average molecular weight is 252 g/mol. The Morgan fingerprint density at radius 3 is 1.77 bits per heavy atom. The minimum absolute atomic E-state index is 0. The van der Waals surface area contributed by atoms with Crippen LogP contribution in [0, 0.1) is 6.92 Å². The SMILES string of the molecule is Cc1ccc(S(=O)(=O)O)cc1.[KH].[KH]. The Morgan fingerprint density at radius 1 is 1.08 bits per heavy atom. The minimum atomic E-state index is -4.02. The molecule has 0 unspecified atom stereocenters. The van der Waals surface area contributed by atoms with Gasteiger partial charge in [-0.15, -0.1) is 0 Å². The second kappa shape index (κ2) is 7.64. The van der Waals surface area contributed by atoms with Gasteiger partial charge in [-0.1, -0.05) is 17.7 Å². The van der Waals surface area contributed by atoms with E-state index in [0.29, 0.717) is 0 Å². The van der Waals surface area contributed by atoms with Crippen LogP contribution in [0.4, 0.5) is 0 Å². The summed E-state index contributed by atoms with van der Waals surface area (Å²) < 4.78 is 29.6. The van der Waals surface area contributed by atoms with E-state index in [1.807, 2.05) is 6.92 Å². The molecule has 6 heteroatoms. The van der Waals surface area contributed by atoms with Crippen molar-refractivity contribution in [2.75, 3.05) is 0 Å². The fourth-order valence-corrected chi connectivity index (χ4v) is 1.19. The van der Waals surface area contributed by atoms with Gasteiger partial charge >= 0.3 is 103 Å². The van der Waals surface area contributed by atoms with Crippen molar-refractivity contribution >= 4 is 113 Å². The summed E-state index contributed by atoms with van der Waals surface area (Å²) in [6, 6.07) is 5.99. The van der Waals surface area contributed by atoms with Crippen LogP contribution in [0.3, 0.4) is 0 Å². The van der Waals surface area contributed by atoms with E-state index < -0.39 is 10.1 Å². The van der Waals surface area contributed by atoms with Crippen LogP contribution in [0.2, 0.25) is 0 Å². The molecule has 13 heavy (non-hydrogen) atoms. The first-order chi connectivity index (χ1) is 5.00. The molecule has 0 saturated heterocycles. The van der Waals surface area contributed by atoms with Crippen LogP contribution < -0.4 is 0 Å². The first-order valence-corrected chi connectivity index (χ1v) is 4.48.